The zero-order valence-electron chi connectivity index (χ0n) is 18.1. The molecule has 1 aromatic carbocycles. The number of nitrogens with zero attached hydrogens (tertiary/aromatic N) is 3. The highest BCUT2D eigenvalue weighted by Crippen LogP contribution is 2.23. The van der Waals surface area contributed by atoms with Gasteiger partial charge < -0.3 is 29.7 Å². The number of rotatable bonds is 5. The minimum Gasteiger partial charge on any atom is -0.473 e. The fourth-order valence-electron chi connectivity index (χ4n) is 3.43. The first kappa shape index (κ1) is 24.1. The van der Waals surface area contributed by atoms with Crippen LogP contribution >= 0.6 is 0 Å². The molecule has 1 fully saturated rings. The standard InChI is InChI=1S/C19H28N4O2.C2H2O4/c1-14-10-17-18(11-15(14)2)23(13-21-17)12-16-4-7-22(8-5-16)19(24)20-6-9-25-3;3-1(4)2(5)6/h10-11,13,16H,4-9,12H2,1-3H3,(H,20,24);(H,3,4)(H,5,6). The van der Waals surface area contributed by atoms with Gasteiger partial charge in [0.05, 0.1) is 24.0 Å². The maximum absolute atomic E-state index is 12.1. The molecule has 2 amide bonds. The number of piperidine rings is 1. The third-order valence-electron chi connectivity index (χ3n) is 5.36. The molecule has 2 heterocycles. The van der Waals surface area contributed by atoms with Crippen LogP contribution in [0, 0.1) is 19.8 Å². The average Bonchev–Trinajstić information content (AvgIpc) is 3.10. The summed E-state index contributed by atoms with van der Waals surface area (Å²) >= 11 is 0. The van der Waals surface area contributed by atoms with Gasteiger partial charge in [-0.15, -0.1) is 0 Å². The number of hydrogen-bond acceptors (Lipinski definition) is 5. The van der Waals surface area contributed by atoms with Crippen molar-refractivity contribution < 1.29 is 29.3 Å². The Kier molecular flexibility index (Phi) is 8.80. The summed E-state index contributed by atoms with van der Waals surface area (Å²) < 4.78 is 7.23. The third-order valence-corrected chi connectivity index (χ3v) is 5.36. The molecule has 0 unspecified atom stereocenters. The van der Waals surface area contributed by atoms with Gasteiger partial charge in [0.2, 0.25) is 0 Å². The van der Waals surface area contributed by atoms with Crippen LogP contribution in [0.4, 0.5) is 4.79 Å². The Labute approximate surface area is 180 Å². The van der Waals surface area contributed by atoms with Gasteiger partial charge in [0.25, 0.3) is 0 Å². The molecule has 1 aliphatic rings. The number of methoxy groups -OCH3 is 1. The van der Waals surface area contributed by atoms with Crippen LogP contribution in [0.15, 0.2) is 18.5 Å². The number of urea groups is 1. The summed E-state index contributed by atoms with van der Waals surface area (Å²) in [4.78, 5) is 36.7. The van der Waals surface area contributed by atoms with E-state index in [4.69, 9.17) is 24.5 Å². The van der Waals surface area contributed by atoms with Crippen molar-refractivity contribution >= 4 is 29.0 Å². The Morgan fingerprint density at radius 2 is 1.74 bits per heavy atom. The number of imidazole rings is 1. The number of fused-ring (bicyclic) bond motifs is 1. The number of aliphatic carboxylic acids is 2. The minimum atomic E-state index is -1.82. The van der Waals surface area contributed by atoms with Crippen molar-refractivity contribution in [2.24, 2.45) is 5.92 Å². The van der Waals surface area contributed by atoms with Gasteiger partial charge >= 0.3 is 18.0 Å². The number of likely N-dealkylation sites (tertiary alicyclic amines) is 1. The Morgan fingerprint density at radius 3 is 2.32 bits per heavy atom. The molecule has 0 bridgehead atoms. The summed E-state index contributed by atoms with van der Waals surface area (Å²) in [6.45, 7) is 7.98. The minimum absolute atomic E-state index is 0.0229. The van der Waals surface area contributed by atoms with E-state index in [0.717, 1.165) is 38.0 Å². The molecule has 0 saturated carbocycles. The monoisotopic (exact) mass is 434 g/mol. The summed E-state index contributed by atoms with van der Waals surface area (Å²) in [6.07, 6.45) is 4.01. The molecule has 2 aromatic rings. The van der Waals surface area contributed by atoms with E-state index in [1.807, 2.05) is 11.2 Å². The number of aryl methyl sites for hydroxylation is 2. The Hall–Kier alpha value is -3.14. The van der Waals surface area contributed by atoms with Gasteiger partial charge in [0.1, 0.15) is 0 Å². The zero-order valence-corrected chi connectivity index (χ0v) is 18.1. The van der Waals surface area contributed by atoms with Crippen molar-refractivity contribution in [2.45, 2.75) is 33.2 Å². The molecular formula is C21H30N4O6. The van der Waals surface area contributed by atoms with Crippen LogP contribution in [0.25, 0.3) is 11.0 Å². The predicted molar refractivity (Wildman–Crippen MR) is 114 cm³/mol. The summed E-state index contributed by atoms with van der Waals surface area (Å²) in [5.74, 6) is -3.06. The number of aromatic nitrogens is 2. The number of ether oxygens (including phenoxy) is 1. The van der Waals surface area contributed by atoms with Gasteiger partial charge in [-0.2, -0.15) is 0 Å². The number of carboxylic acid groups (broad SMARTS) is 2. The predicted octanol–water partition coefficient (Wildman–Crippen LogP) is 1.88. The van der Waals surface area contributed by atoms with Crippen molar-refractivity contribution in [1.29, 1.82) is 0 Å². The van der Waals surface area contributed by atoms with E-state index in [2.05, 4.69) is 40.8 Å². The number of nitrogens with one attached hydrogen (secondary N) is 1. The van der Waals surface area contributed by atoms with E-state index >= 15 is 0 Å². The second kappa shape index (κ2) is 11.3. The SMILES string of the molecule is COCCNC(=O)N1CCC(Cn2cnc3cc(C)c(C)cc32)CC1.O=C(O)C(=O)O. The first-order valence-corrected chi connectivity index (χ1v) is 10.1. The lowest BCUT2D eigenvalue weighted by Gasteiger charge is -2.32. The van der Waals surface area contributed by atoms with Crippen LogP contribution in [0.2, 0.25) is 0 Å². The Morgan fingerprint density at radius 1 is 1.13 bits per heavy atom. The molecule has 0 aliphatic carbocycles. The average molecular weight is 434 g/mol. The third kappa shape index (κ3) is 6.95. The number of carbonyl (C=O) groups is 3. The van der Waals surface area contributed by atoms with Gasteiger partial charge in [-0.25, -0.2) is 19.4 Å². The Bertz CT molecular complexity index is 906. The molecule has 10 nitrogen and oxygen atoms in total. The second-order valence-electron chi connectivity index (χ2n) is 7.59. The van der Waals surface area contributed by atoms with Crippen LogP contribution in [-0.2, 0) is 20.9 Å². The highest BCUT2D eigenvalue weighted by atomic mass is 16.5. The van der Waals surface area contributed by atoms with E-state index in [1.54, 1.807) is 7.11 Å². The van der Waals surface area contributed by atoms with Gasteiger partial charge in [-0.05, 0) is 55.9 Å². The van der Waals surface area contributed by atoms with Crippen LogP contribution in [0.3, 0.4) is 0 Å². The van der Waals surface area contributed by atoms with E-state index in [9.17, 15) is 4.79 Å². The van der Waals surface area contributed by atoms with Gasteiger partial charge in [0.15, 0.2) is 0 Å². The molecule has 170 valence electrons. The fraction of sp³-hybridized carbons (Fsp3) is 0.524. The first-order chi connectivity index (χ1) is 14.7. The molecule has 1 aromatic heterocycles. The largest absolute Gasteiger partial charge is 0.473 e. The van der Waals surface area contributed by atoms with Crippen molar-refractivity contribution in [3.8, 4) is 0 Å². The molecular weight excluding hydrogens is 404 g/mol. The normalized spacial score (nSPS) is 14.1. The van der Waals surface area contributed by atoms with Gasteiger partial charge in [-0.1, -0.05) is 0 Å². The highest BCUT2D eigenvalue weighted by Gasteiger charge is 2.23. The fourth-order valence-corrected chi connectivity index (χ4v) is 3.43. The van der Waals surface area contributed by atoms with Crippen LogP contribution in [0.1, 0.15) is 24.0 Å². The summed E-state index contributed by atoms with van der Waals surface area (Å²) in [7, 11) is 1.64. The number of carboxylic acids is 2. The molecule has 10 heteroatoms. The van der Waals surface area contributed by atoms with Crippen molar-refractivity contribution in [1.82, 2.24) is 19.8 Å². The van der Waals surface area contributed by atoms with E-state index in [1.165, 1.54) is 16.6 Å². The molecule has 1 saturated heterocycles. The lowest BCUT2D eigenvalue weighted by atomic mass is 9.97. The van der Waals surface area contributed by atoms with E-state index in [-0.39, 0.29) is 6.03 Å². The Balaban J connectivity index is 0.000000501. The van der Waals surface area contributed by atoms with Gasteiger partial charge in [-0.3, -0.25) is 0 Å². The lowest BCUT2D eigenvalue weighted by Crippen LogP contribution is -2.45. The van der Waals surface area contributed by atoms with Crippen LogP contribution < -0.4 is 5.32 Å². The highest BCUT2D eigenvalue weighted by molar-refractivity contribution is 6.27. The smallest absolute Gasteiger partial charge is 0.414 e. The van der Waals surface area contributed by atoms with Crippen molar-refractivity contribution in [2.75, 3.05) is 33.4 Å². The topological polar surface area (TPSA) is 134 Å². The van der Waals surface area contributed by atoms with E-state index < -0.39 is 11.9 Å². The maximum Gasteiger partial charge on any atom is 0.414 e. The van der Waals surface area contributed by atoms with Crippen LogP contribution in [-0.4, -0.2) is 76.0 Å². The zero-order chi connectivity index (χ0) is 23.0. The lowest BCUT2D eigenvalue weighted by molar-refractivity contribution is -0.159. The maximum atomic E-state index is 12.1. The number of hydrogen-bond donors (Lipinski definition) is 3. The molecule has 31 heavy (non-hydrogen) atoms. The molecule has 0 radical (unpaired) electrons. The summed E-state index contributed by atoms with van der Waals surface area (Å²) in [6, 6.07) is 4.42. The molecule has 0 spiro atoms. The van der Waals surface area contributed by atoms with Crippen molar-refractivity contribution in [3.05, 3.63) is 29.6 Å². The van der Waals surface area contributed by atoms with E-state index in [0.29, 0.717) is 19.1 Å². The number of amides is 2. The molecule has 3 rings (SSSR count). The second-order valence-corrected chi connectivity index (χ2v) is 7.59. The molecule has 3 N–H and O–H groups in total. The van der Waals surface area contributed by atoms with Crippen LogP contribution in [0.5, 0.6) is 0 Å². The molecule has 0 atom stereocenters. The number of benzene rings is 1. The van der Waals surface area contributed by atoms with Gasteiger partial charge in [0, 0.05) is 33.3 Å². The first-order valence-electron chi connectivity index (χ1n) is 10.1. The number of carbonyl (C=O) groups excluding carboxylic acids is 1. The van der Waals surface area contributed by atoms with Crippen molar-refractivity contribution in [3.63, 3.8) is 0 Å². The quantitative estimate of drug-likeness (QED) is 0.483. The molecule has 1 aliphatic heterocycles. The summed E-state index contributed by atoms with van der Waals surface area (Å²) in [5.41, 5.74) is 4.86. The summed E-state index contributed by atoms with van der Waals surface area (Å²) in [5, 5.41) is 17.7.